The summed E-state index contributed by atoms with van der Waals surface area (Å²) >= 11 is 1.31. The molecule has 1 N–H and O–H groups in total. The van der Waals surface area contributed by atoms with Crippen molar-refractivity contribution >= 4 is 28.4 Å². The topological polar surface area (TPSA) is 119 Å². The number of hydrogen-bond acceptors (Lipinski definition) is 7. The van der Waals surface area contributed by atoms with Crippen molar-refractivity contribution in [1.82, 2.24) is 14.8 Å². The molecule has 0 saturated carbocycles. The summed E-state index contributed by atoms with van der Waals surface area (Å²) in [6, 6.07) is 24.8. The van der Waals surface area contributed by atoms with Crippen molar-refractivity contribution in [2.45, 2.75) is 0 Å². The number of nitrogens with one attached hydrogen (secondary N) is 1. The standard InChI is InChI=1S/C24H16N6O3S/c31-23-22(27-26-18-13-7-8-14-20(18)30(32)33)21(17-11-5-2-6-12-17)28-29(23)24-25-19(15-34-24)16-9-3-1-4-10-16/h1-15,28H. The van der Waals surface area contributed by atoms with E-state index in [1.165, 1.54) is 28.2 Å². The van der Waals surface area contributed by atoms with Crippen molar-refractivity contribution in [3.63, 3.8) is 0 Å². The normalized spacial score (nSPS) is 11.2. The summed E-state index contributed by atoms with van der Waals surface area (Å²) in [6.07, 6.45) is 0. The highest BCUT2D eigenvalue weighted by atomic mass is 32.1. The maximum absolute atomic E-state index is 13.4. The van der Waals surface area contributed by atoms with Crippen LogP contribution in [0.25, 0.3) is 27.6 Å². The monoisotopic (exact) mass is 468 g/mol. The number of H-pyrrole nitrogens is 1. The van der Waals surface area contributed by atoms with Gasteiger partial charge in [0.1, 0.15) is 0 Å². The Balaban J connectivity index is 1.62. The Bertz CT molecular complexity index is 1550. The number of azo groups is 1. The van der Waals surface area contributed by atoms with Crippen molar-refractivity contribution in [1.29, 1.82) is 0 Å². The largest absolute Gasteiger partial charge is 0.301 e. The SMILES string of the molecule is O=c1c(N=Nc2ccccc2[N+](=O)[O-])c(-c2ccccc2)[nH]n1-c1nc(-c2ccccc2)cs1. The molecule has 0 atom stereocenters. The van der Waals surface area contributed by atoms with E-state index >= 15 is 0 Å². The van der Waals surface area contributed by atoms with Gasteiger partial charge in [0, 0.05) is 22.6 Å². The number of benzene rings is 3. The highest BCUT2D eigenvalue weighted by Gasteiger charge is 2.20. The summed E-state index contributed by atoms with van der Waals surface area (Å²) in [5, 5.41) is 24.9. The lowest BCUT2D eigenvalue weighted by atomic mass is 10.1. The molecular weight excluding hydrogens is 452 g/mol. The van der Waals surface area contributed by atoms with Crippen molar-refractivity contribution < 1.29 is 4.92 Å². The Morgan fingerprint density at radius 3 is 2.24 bits per heavy atom. The molecule has 0 aliphatic rings. The first kappa shape index (κ1) is 21.2. The van der Waals surface area contributed by atoms with Crippen LogP contribution in [-0.2, 0) is 0 Å². The van der Waals surface area contributed by atoms with Crippen molar-refractivity contribution in [3.8, 4) is 27.6 Å². The fraction of sp³-hybridized carbons (Fsp3) is 0. The van der Waals surface area contributed by atoms with Crippen molar-refractivity contribution in [2.75, 3.05) is 0 Å². The first-order valence-corrected chi connectivity index (χ1v) is 11.1. The van der Waals surface area contributed by atoms with Gasteiger partial charge in [-0.1, -0.05) is 72.8 Å². The molecular formula is C24H16N6O3S. The zero-order valence-electron chi connectivity index (χ0n) is 17.5. The van der Waals surface area contributed by atoms with Gasteiger partial charge in [0.15, 0.2) is 11.4 Å². The van der Waals surface area contributed by atoms with Crippen molar-refractivity contribution in [2.24, 2.45) is 10.2 Å². The Hall–Kier alpha value is -4.70. The van der Waals surface area contributed by atoms with Gasteiger partial charge in [-0.15, -0.1) is 21.6 Å². The second-order valence-electron chi connectivity index (χ2n) is 7.17. The number of rotatable bonds is 6. The van der Waals surface area contributed by atoms with Crippen LogP contribution in [0.5, 0.6) is 0 Å². The zero-order chi connectivity index (χ0) is 23.5. The lowest BCUT2D eigenvalue weighted by Crippen LogP contribution is -2.13. The van der Waals surface area contributed by atoms with Gasteiger partial charge in [-0.25, -0.2) is 4.98 Å². The Labute approximate surface area is 196 Å². The van der Waals surface area contributed by atoms with Gasteiger partial charge >= 0.3 is 5.56 Å². The maximum atomic E-state index is 13.4. The van der Waals surface area contributed by atoms with E-state index in [1.54, 1.807) is 12.1 Å². The lowest BCUT2D eigenvalue weighted by molar-refractivity contribution is -0.384. The fourth-order valence-electron chi connectivity index (χ4n) is 3.38. The highest BCUT2D eigenvalue weighted by Crippen LogP contribution is 2.32. The predicted molar refractivity (Wildman–Crippen MR) is 130 cm³/mol. The van der Waals surface area contributed by atoms with Gasteiger partial charge in [0.25, 0.3) is 5.69 Å². The summed E-state index contributed by atoms with van der Waals surface area (Å²) in [5.74, 6) is 0. The summed E-state index contributed by atoms with van der Waals surface area (Å²) in [6.45, 7) is 0. The average Bonchev–Trinajstić information content (AvgIpc) is 3.49. The minimum atomic E-state index is -0.539. The van der Waals surface area contributed by atoms with Gasteiger partial charge in [-0.05, 0) is 6.07 Å². The summed E-state index contributed by atoms with van der Waals surface area (Å²) < 4.78 is 1.31. The number of aromatic nitrogens is 3. The van der Waals surface area contributed by atoms with Crippen LogP contribution in [0.3, 0.4) is 0 Å². The number of nitro benzene ring substituents is 1. The molecule has 0 aliphatic heterocycles. The van der Waals surface area contributed by atoms with E-state index in [0.717, 1.165) is 16.8 Å². The van der Waals surface area contributed by atoms with E-state index < -0.39 is 10.5 Å². The summed E-state index contributed by atoms with van der Waals surface area (Å²) in [7, 11) is 0. The molecule has 0 radical (unpaired) electrons. The molecule has 34 heavy (non-hydrogen) atoms. The Morgan fingerprint density at radius 2 is 1.53 bits per heavy atom. The van der Waals surface area contributed by atoms with Gasteiger partial charge in [-0.3, -0.25) is 20.0 Å². The molecule has 0 fully saturated rings. The van der Waals surface area contributed by atoms with E-state index in [0.29, 0.717) is 10.8 Å². The number of nitrogens with zero attached hydrogens (tertiary/aromatic N) is 5. The quantitative estimate of drug-likeness (QED) is 0.179. The van der Waals surface area contributed by atoms with Crippen LogP contribution in [0.4, 0.5) is 17.1 Å². The van der Waals surface area contributed by atoms with Crippen LogP contribution in [0.2, 0.25) is 0 Å². The smallest absolute Gasteiger partial charge is 0.286 e. The van der Waals surface area contributed by atoms with Crippen LogP contribution in [0, 0.1) is 10.1 Å². The van der Waals surface area contributed by atoms with Crippen LogP contribution in [-0.4, -0.2) is 19.7 Å². The third-order valence-electron chi connectivity index (χ3n) is 5.02. The molecule has 0 unspecified atom stereocenters. The molecule has 166 valence electrons. The van der Waals surface area contributed by atoms with Crippen LogP contribution >= 0.6 is 11.3 Å². The minimum absolute atomic E-state index is 0.0285. The van der Waals surface area contributed by atoms with Gasteiger partial charge in [0.2, 0.25) is 5.13 Å². The second kappa shape index (κ2) is 9.04. The number of thiazole rings is 1. The molecule has 0 amide bonds. The molecule has 0 saturated heterocycles. The van der Waals surface area contributed by atoms with E-state index in [2.05, 4.69) is 20.3 Å². The predicted octanol–water partition coefficient (Wildman–Crippen LogP) is 6.28. The number of nitro groups is 1. The minimum Gasteiger partial charge on any atom is -0.286 e. The summed E-state index contributed by atoms with van der Waals surface area (Å²) in [5.41, 5.74) is 2.25. The van der Waals surface area contributed by atoms with Crippen LogP contribution in [0.1, 0.15) is 0 Å². The Kier molecular flexibility index (Phi) is 5.63. The molecule has 3 aromatic carbocycles. The molecule has 5 rings (SSSR count). The first-order chi connectivity index (χ1) is 16.6. The highest BCUT2D eigenvalue weighted by molar-refractivity contribution is 7.12. The molecule has 0 aliphatic carbocycles. The lowest BCUT2D eigenvalue weighted by Gasteiger charge is -1.99. The number of hydrogen-bond donors (Lipinski definition) is 1. The number of para-hydroxylation sites is 1. The molecule has 0 bridgehead atoms. The van der Waals surface area contributed by atoms with Crippen LogP contribution in [0.15, 0.2) is 105 Å². The molecule has 0 spiro atoms. The molecule has 2 heterocycles. The second-order valence-corrected chi connectivity index (χ2v) is 8.01. The van der Waals surface area contributed by atoms with E-state index in [1.807, 2.05) is 66.0 Å². The summed E-state index contributed by atoms with van der Waals surface area (Å²) in [4.78, 5) is 28.7. The van der Waals surface area contributed by atoms with Gasteiger partial charge in [-0.2, -0.15) is 4.68 Å². The van der Waals surface area contributed by atoms with E-state index in [9.17, 15) is 14.9 Å². The third-order valence-corrected chi connectivity index (χ3v) is 5.84. The fourth-order valence-corrected chi connectivity index (χ4v) is 4.17. The molecule has 5 aromatic rings. The maximum Gasteiger partial charge on any atom is 0.301 e. The third kappa shape index (κ3) is 4.05. The molecule has 10 heteroatoms. The van der Waals surface area contributed by atoms with Gasteiger partial charge in [0.05, 0.1) is 16.3 Å². The number of aromatic amines is 1. The van der Waals surface area contributed by atoms with Crippen molar-refractivity contribution in [3.05, 3.63) is 111 Å². The molecule has 2 aromatic heterocycles. The van der Waals surface area contributed by atoms with E-state index in [-0.39, 0.29) is 17.1 Å². The first-order valence-electron chi connectivity index (χ1n) is 10.2. The average molecular weight is 468 g/mol. The zero-order valence-corrected chi connectivity index (χ0v) is 18.3. The van der Waals surface area contributed by atoms with Gasteiger partial charge < -0.3 is 0 Å². The van der Waals surface area contributed by atoms with E-state index in [4.69, 9.17) is 0 Å². The Morgan fingerprint density at radius 1 is 0.882 bits per heavy atom. The molecule has 9 nitrogen and oxygen atoms in total. The van der Waals surface area contributed by atoms with Crippen LogP contribution < -0.4 is 5.56 Å².